The molecule has 2 aromatic carbocycles. The minimum Gasteiger partial charge on any atom is -0.482 e. The lowest BCUT2D eigenvalue weighted by Gasteiger charge is -2.15. The Morgan fingerprint density at radius 1 is 1.06 bits per heavy atom. The maximum absolute atomic E-state index is 13.0. The van der Waals surface area contributed by atoms with E-state index in [0.29, 0.717) is 16.7 Å². The predicted octanol–water partition coefficient (Wildman–Crippen LogP) is 3.79. The van der Waals surface area contributed by atoms with Gasteiger partial charge < -0.3 is 14.6 Å². The number of carbonyl (C=O) groups is 1. The summed E-state index contributed by atoms with van der Waals surface area (Å²) >= 11 is 1.25. The molecule has 4 aromatic rings. The van der Waals surface area contributed by atoms with E-state index in [1.807, 2.05) is 80.1 Å². The largest absolute Gasteiger partial charge is 0.482 e. The highest BCUT2D eigenvalue weighted by Gasteiger charge is 2.21. The number of rotatable bonds is 8. The molecule has 10 heteroatoms. The topological polar surface area (TPSA) is 96.0 Å². The first-order valence-electron chi connectivity index (χ1n) is 11.2. The first-order chi connectivity index (χ1) is 16.8. The summed E-state index contributed by atoms with van der Waals surface area (Å²) < 4.78 is 11.1. The highest BCUT2D eigenvalue weighted by atomic mass is 32.2. The molecule has 0 aliphatic heterocycles. The van der Waals surface area contributed by atoms with E-state index in [0.717, 1.165) is 17.0 Å². The number of ether oxygens (including phenoxy) is 1. The van der Waals surface area contributed by atoms with Crippen LogP contribution < -0.4 is 15.6 Å². The molecule has 0 aliphatic rings. The molecular formula is C25H28N6O3S. The van der Waals surface area contributed by atoms with Gasteiger partial charge in [-0.2, -0.15) is 0 Å². The number of aromatic nitrogens is 5. The molecule has 35 heavy (non-hydrogen) atoms. The van der Waals surface area contributed by atoms with Crippen LogP contribution in [0.1, 0.15) is 30.1 Å². The molecular weight excluding hydrogens is 464 g/mol. The summed E-state index contributed by atoms with van der Waals surface area (Å²) in [5, 5.41) is 11.8. The number of anilines is 1. The van der Waals surface area contributed by atoms with Gasteiger partial charge in [0.2, 0.25) is 5.91 Å². The molecule has 0 aliphatic carbocycles. The van der Waals surface area contributed by atoms with E-state index in [1.165, 1.54) is 16.4 Å². The van der Waals surface area contributed by atoms with Gasteiger partial charge in [0.1, 0.15) is 11.4 Å². The molecule has 0 bridgehead atoms. The lowest BCUT2D eigenvalue weighted by atomic mass is 10.2. The summed E-state index contributed by atoms with van der Waals surface area (Å²) in [6, 6.07) is 17.1. The van der Waals surface area contributed by atoms with Crippen LogP contribution in [-0.2, 0) is 18.9 Å². The SMILES string of the molecule is Cc1ccccc1OC(C)c1nnc(SCC(=O)Nc2c(C)n(C)n(-c3ccccc3)c2=O)n1C. The number of thioether (sulfide) groups is 1. The van der Waals surface area contributed by atoms with E-state index in [1.54, 1.807) is 18.7 Å². The van der Waals surface area contributed by atoms with Crippen molar-refractivity contribution in [2.45, 2.75) is 32.0 Å². The van der Waals surface area contributed by atoms with Crippen molar-refractivity contribution in [2.24, 2.45) is 14.1 Å². The molecule has 0 saturated heterocycles. The number of carbonyl (C=O) groups excluding carboxylic acids is 1. The van der Waals surface area contributed by atoms with Crippen molar-refractivity contribution in [3.63, 3.8) is 0 Å². The molecule has 1 unspecified atom stereocenters. The second-order valence-corrected chi connectivity index (χ2v) is 9.14. The number of nitrogens with zero attached hydrogens (tertiary/aromatic N) is 5. The van der Waals surface area contributed by atoms with Crippen LogP contribution in [0.2, 0.25) is 0 Å². The molecule has 1 amide bonds. The number of hydrogen-bond acceptors (Lipinski definition) is 6. The van der Waals surface area contributed by atoms with Crippen LogP contribution in [0.15, 0.2) is 64.5 Å². The van der Waals surface area contributed by atoms with E-state index in [-0.39, 0.29) is 29.0 Å². The third-order valence-corrected chi connectivity index (χ3v) is 6.80. The van der Waals surface area contributed by atoms with Gasteiger partial charge in [-0.05, 0) is 44.5 Å². The van der Waals surface area contributed by atoms with Gasteiger partial charge in [0.05, 0.1) is 17.1 Å². The van der Waals surface area contributed by atoms with Gasteiger partial charge in [0.25, 0.3) is 5.56 Å². The molecule has 1 N–H and O–H groups in total. The minimum atomic E-state index is -0.319. The zero-order chi connectivity index (χ0) is 25.1. The normalized spacial score (nSPS) is 11.9. The zero-order valence-corrected chi connectivity index (χ0v) is 21.2. The first-order valence-corrected chi connectivity index (χ1v) is 12.1. The molecule has 0 saturated carbocycles. The standard InChI is InChI=1S/C25H28N6O3S/c1-16-11-9-10-14-20(16)34-18(3)23-27-28-25(29(23)4)35-15-21(32)26-22-17(2)30(5)31(24(22)33)19-12-7-6-8-13-19/h6-14,18H,15H2,1-5H3,(H,26,32). The number of para-hydroxylation sites is 2. The van der Waals surface area contributed by atoms with Crippen LogP contribution in [0.3, 0.4) is 0 Å². The van der Waals surface area contributed by atoms with Crippen LogP contribution in [0, 0.1) is 13.8 Å². The van der Waals surface area contributed by atoms with Crippen molar-refractivity contribution in [1.82, 2.24) is 24.1 Å². The highest BCUT2D eigenvalue weighted by Crippen LogP contribution is 2.26. The Kier molecular flexibility index (Phi) is 7.11. The fourth-order valence-corrected chi connectivity index (χ4v) is 4.47. The van der Waals surface area contributed by atoms with E-state index < -0.39 is 0 Å². The Bertz CT molecular complexity index is 1410. The lowest BCUT2D eigenvalue weighted by Crippen LogP contribution is -2.23. The molecule has 2 heterocycles. The Balaban J connectivity index is 1.43. The van der Waals surface area contributed by atoms with Crippen molar-refractivity contribution in [1.29, 1.82) is 0 Å². The summed E-state index contributed by atoms with van der Waals surface area (Å²) in [7, 11) is 3.63. The van der Waals surface area contributed by atoms with Gasteiger partial charge in [0, 0.05) is 14.1 Å². The monoisotopic (exact) mass is 492 g/mol. The van der Waals surface area contributed by atoms with Crippen LogP contribution in [0.25, 0.3) is 5.69 Å². The number of benzene rings is 2. The zero-order valence-electron chi connectivity index (χ0n) is 20.3. The minimum absolute atomic E-state index is 0.0815. The maximum Gasteiger partial charge on any atom is 0.295 e. The molecule has 4 rings (SSSR count). The quantitative estimate of drug-likeness (QED) is 0.376. The Morgan fingerprint density at radius 3 is 2.46 bits per heavy atom. The van der Waals surface area contributed by atoms with Crippen LogP contribution in [-0.4, -0.2) is 35.8 Å². The van der Waals surface area contributed by atoms with Gasteiger partial charge >= 0.3 is 0 Å². The second kappa shape index (κ2) is 10.2. The third-order valence-electron chi connectivity index (χ3n) is 5.78. The van der Waals surface area contributed by atoms with Crippen LogP contribution in [0.4, 0.5) is 5.69 Å². The van der Waals surface area contributed by atoms with Crippen molar-refractivity contribution in [2.75, 3.05) is 11.1 Å². The summed E-state index contributed by atoms with van der Waals surface area (Å²) in [4.78, 5) is 25.7. The van der Waals surface area contributed by atoms with Crippen LogP contribution >= 0.6 is 11.8 Å². The highest BCUT2D eigenvalue weighted by molar-refractivity contribution is 7.99. The fraction of sp³-hybridized carbons (Fsp3) is 0.280. The predicted molar refractivity (Wildman–Crippen MR) is 136 cm³/mol. The Hall–Kier alpha value is -3.79. The summed E-state index contributed by atoms with van der Waals surface area (Å²) in [5.41, 5.74) is 2.42. The average molecular weight is 493 g/mol. The summed E-state index contributed by atoms with van der Waals surface area (Å²) in [5.74, 6) is 1.23. The van der Waals surface area contributed by atoms with Gasteiger partial charge in [-0.15, -0.1) is 10.2 Å². The van der Waals surface area contributed by atoms with Crippen molar-refractivity contribution >= 4 is 23.4 Å². The van der Waals surface area contributed by atoms with E-state index >= 15 is 0 Å². The molecule has 1 atom stereocenters. The number of aryl methyl sites for hydroxylation is 1. The summed E-state index contributed by atoms with van der Waals surface area (Å²) in [6.45, 7) is 5.70. The van der Waals surface area contributed by atoms with Gasteiger partial charge in [-0.3, -0.25) is 14.3 Å². The number of hydrogen-bond donors (Lipinski definition) is 1. The molecule has 9 nitrogen and oxygen atoms in total. The molecule has 182 valence electrons. The third kappa shape index (κ3) is 5.02. The van der Waals surface area contributed by atoms with Crippen molar-refractivity contribution in [3.05, 3.63) is 82.0 Å². The summed E-state index contributed by atoms with van der Waals surface area (Å²) in [6.07, 6.45) is -0.319. The molecule has 0 fully saturated rings. The van der Waals surface area contributed by atoms with Gasteiger partial charge in [0.15, 0.2) is 17.1 Å². The van der Waals surface area contributed by atoms with Gasteiger partial charge in [-0.1, -0.05) is 48.2 Å². The second-order valence-electron chi connectivity index (χ2n) is 8.20. The number of amides is 1. The van der Waals surface area contributed by atoms with Crippen molar-refractivity contribution < 1.29 is 9.53 Å². The van der Waals surface area contributed by atoms with Crippen molar-refractivity contribution in [3.8, 4) is 11.4 Å². The van der Waals surface area contributed by atoms with E-state index in [4.69, 9.17) is 4.74 Å². The van der Waals surface area contributed by atoms with Crippen LogP contribution in [0.5, 0.6) is 5.75 Å². The average Bonchev–Trinajstić information content (AvgIpc) is 3.31. The van der Waals surface area contributed by atoms with E-state index in [9.17, 15) is 9.59 Å². The Labute approximate surface area is 207 Å². The smallest absolute Gasteiger partial charge is 0.295 e. The van der Waals surface area contributed by atoms with E-state index in [2.05, 4.69) is 15.5 Å². The number of nitrogens with one attached hydrogen (secondary N) is 1. The maximum atomic E-state index is 13.0. The fourth-order valence-electron chi connectivity index (χ4n) is 3.76. The lowest BCUT2D eigenvalue weighted by molar-refractivity contribution is -0.113. The first kappa shape index (κ1) is 24.3. The van der Waals surface area contributed by atoms with Gasteiger partial charge in [-0.25, -0.2) is 4.68 Å². The Morgan fingerprint density at radius 2 is 1.74 bits per heavy atom. The molecule has 0 radical (unpaired) electrons. The molecule has 0 spiro atoms. The molecule has 2 aromatic heterocycles.